The van der Waals surface area contributed by atoms with Gasteiger partial charge in [0, 0.05) is 16.8 Å². The van der Waals surface area contributed by atoms with E-state index in [9.17, 15) is 19.5 Å². The van der Waals surface area contributed by atoms with Gasteiger partial charge in [0.2, 0.25) is 11.8 Å². The van der Waals surface area contributed by atoms with E-state index < -0.39 is 11.4 Å². The molecule has 1 aromatic rings. The third kappa shape index (κ3) is 2.73. The van der Waals surface area contributed by atoms with Gasteiger partial charge in [0.15, 0.2) is 0 Å². The zero-order chi connectivity index (χ0) is 24.9. The number of hydrogen-bond donors (Lipinski definition) is 0. The molecular weight excluding hydrogens is 438 g/mol. The zero-order valence-corrected chi connectivity index (χ0v) is 21.3. The number of imide groups is 1. The van der Waals surface area contributed by atoms with E-state index in [4.69, 9.17) is 0 Å². The molecule has 5 aliphatic carbocycles. The predicted molar refractivity (Wildman–Crippen MR) is 131 cm³/mol. The van der Waals surface area contributed by atoms with Crippen molar-refractivity contribution in [1.82, 2.24) is 0 Å². The second-order valence-electron chi connectivity index (χ2n) is 12.8. The highest BCUT2D eigenvalue weighted by molar-refractivity contribution is 6.22. The summed E-state index contributed by atoms with van der Waals surface area (Å²) in [7, 11) is 0. The van der Waals surface area contributed by atoms with Gasteiger partial charge in [-0.15, -0.1) is 0 Å². The van der Waals surface area contributed by atoms with Gasteiger partial charge in [-0.25, -0.2) is 0 Å². The Hall–Kier alpha value is -2.43. The number of allylic oxidation sites excluding steroid dienone is 2. The number of para-hydroxylation sites is 1. The molecule has 1 heterocycles. The number of rotatable bonds is 3. The van der Waals surface area contributed by atoms with E-state index in [0.29, 0.717) is 18.0 Å². The molecule has 0 aromatic heterocycles. The second-order valence-corrected chi connectivity index (χ2v) is 12.8. The summed E-state index contributed by atoms with van der Waals surface area (Å²) in [5, 5.41) is 12.4. The van der Waals surface area contributed by atoms with Crippen LogP contribution in [0.2, 0.25) is 0 Å². The Kier molecular flexibility index (Phi) is 4.80. The van der Waals surface area contributed by atoms with Crippen LogP contribution in [0.4, 0.5) is 5.69 Å². The summed E-state index contributed by atoms with van der Waals surface area (Å²) in [5.74, 6) is -1.08. The highest BCUT2D eigenvalue weighted by atomic mass is 16.4. The van der Waals surface area contributed by atoms with E-state index in [1.54, 1.807) is 0 Å². The number of amides is 2. The largest absolute Gasteiger partial charge is 0.550 e. The van der Waals surface area contributed by atoms with Crippen LogP contribution in [-0.4, -0.2) is 17.8 Å². The fourth-order valence-electron chi connectivity index (χ4n) is 9.78. The summed E-state index contributed by atoms with van der Waals surface area (Å²) in [4.78, 5) is 41.9. The van der Waals surface area contributed by atoms with Crippen molar-refractivity contribution in [3.63, 3.8) is 0 Å². The van der Waals surface area contributed by atoms with E-state index in [2.05, 4.69) is 26.8 Å². The molecule has 6 aliphatic rings. The number of carbonyl (C=O) groups excluding carboxylic acids is 3. The number of aliphatic carboxylic acids is 1. The lowest BCUT2D eigenvalue weighted by Crippen LogP contribution is -2.66. The van der Waals surface area contributed by atoms with Crippen molar-refractivity contribution in [3.8, 4) is 0 Å². The molecule has 2 amide bonds. The third-order valence-corrected chi connectivity index (χ3v) is 11.2. The number of carboxylic acids is 1. The first kappa shape index (κ1) is 23.0. The molecule has 0 N–H and O–H groups in total. The molecular formula is C30H36NO4-. The van der Waals surface area contributed by atoms with Crippen molar-refractivity contribution in [2.24, 2.45) is 51.8 Å². The van der Waals surface area contributed by atoms with Crippen LogP contribution in [0.1, 0.15) is 66.2 Å². The Morgan fingerprint density at radius 2 is 1.74 bits per heavy atom. The minimum Gasteiger partial charge on any atom is -0.550 e. The fourth-order valence-corrected chi connectivity index (χ4v) is 9.78. The van der Waals surface area contributed by atoms with Crippen LogP contribution in [0.3, 0.4) is 0 Å². The van der Waals surface area contributed by atoms with Crippen LogP contribution in [0.5, 0.6) is 0 Å². The maximum Gasteiger partial charge on any atom is 0.238 e. The van der Waals surface area contributed by atoms with Gasteiger partial charge in [0.1, 0.15) is 0 Å². The van der Waals surface area contributed by atoms with E-state index in [1.807, 2.05) is 37.3 Å². The second kappa shape index (κ2) is 7.30. The highest BCUT2D eigenvalue weighted by Crippen LogP contribution is 2.74. The standard InChI is InChI=1S/C30H37NO4/c1-17(2)20-16-30-14-11-21-28(3,12-8-13-29(21,4)27(34)35)22(30)15-19(20)23-24(30)26(33)31(25(23)32)18-9-6-5-7-10-18/h5-7,9-10,16-17,19,21-24H,8,11-15H2,1-4H3,(H,34,35)/p-1. The Morgan fingerprint density at radius 1 is 1.03 bits per heavy atom. The molecule has 1 saturated heterocycles. The normalized spacial score (nSPS) is 44.1. The number of benzene rings is 1. The number of hydrogen-bond acceptors (Lipinski definition) is 4. The first-order valence-electron chi connectivity index (χ1n) is 13.4. The minimum absolute atomic E-state index is 0.0375. The maximum absolute atomic E-state index is 14.1. The number of carboxylic acid groups (broad SMARTS) is 1. The number of carbonyl (C=O) groups is 3. The van der Waals surface area contributed by atoms with Gasteiger partial charge >= 0.3 is 0 Å². The predicted octanol–water partition coefficient (Wildman–Crippen LogP) is 4.37. The summed E-state index contributed by atoms with van der Waals surface area (Å²) in [6.45, 7) is 8.58. The van der Waals surface area contributed by atoms with Crippen LogP contribution >= 0.6 is 0 Å². The van der Waals surface area contributed by atoms with Crippen LogP contribution in [0.25, 0.3) is 0 Å². The topological polar surface area (TPSA) is 77.5 Å². The quantitative estimate of drug-likeness (QED) is 0.482. The van der Waals surface area contributed by atoms with Gasteiger partial charge in [0.05, 0.1) is 17.5 Å². The minimum atomic E-state index is -0.927. The highest BCUT2D eigenvalue weighted by Gasteiger charge is 2.72. The average molecular weight is 475 g/mol. The van der Waals surface area contributed by atoms with Gasteiger partial charge in [-0.1, -0.05) is 64.0 Å². The Bertz CT molecular complexity index is 1140. The Balaban J connectivity index is 1.50. The van der Waals surface area contributed by atoms with Crippen LogP contribution < -0.4 is 10.0 Å². The molecule has 7 rings (SSSR count). The molecule has 186 valence electrons. The maximum atomic E-state index is 14.1. The Morgan fingerprint density at radius 3 is 2.40 bits per heavy atom. The van der Waals surface area contributed by atoms with Gasteiger partial charge in [-0.05, 0) is 73.3 Å². The SMILES string of the molecule is CC(C)C1=CC23CCC4C(C)(C(=O)[O-])CCCC4(C)C2CC1C1C(=O)N(c2ccccc2)C(=O)C13. The van der Waals surface area contributed by atoms with Crippen molar-refractivity contribution in [1.29, 1.82) is 0 Å². The van der Waals surface area contributed by atoms with Crippen molar-refractivity contribution in [3.05, 3.63) is 42.0 Å². The molecule has 5 nitrogen and oxygen atoms in total. The smallest absolute Gasteiger partial charge is 0.238 e. The van der Waals surface area contributed by atoms with E-state index in [0.717, 1.165) is 32.1 Å². The first-order chi connectivity index (χ1) is 16.6. The van der Waals surface area contributed by atoms with Crippen molar-refractivity contribution in [2.75, 3.05) is 4.90 Å². The fraction of sp³-hybridized carbons (Fsp3) is 0.633. The van der Waals surface area contributed by atoms with Gasteiger partial charge in [0.25, 0.3) is 0 Å². The van der Waals surface area contributed by atoms with Crippen LogP contribution in [0.15, 0.2) is 42.0 Å². The van der Waals surface area contributed by atoms with E-state index >= 15 is 0 Å². The average Bonchev–Trinajstić information content (AvgIpc) is 3.11. The molecule has 4 fully saturated rings. The zero-order valence-electron chi connectivity index (χ0n) is 21.3. The molecule has 3 saturated carbocycles. The van der Waals surface area contributed by atoms with Crippen molar-refractivity contribution in [2.45, 2.75) is 66.2 Å². The summed E-state index contributed by atoms with van der Waals surface area (Å²) in [6, 6.07) is 9.36. The molecule has 35 heavy (non-hydrogen) atoms. The molecule has 1 aromatic carbocycles. The molecule has 0 radical (unpaired) electrons. The molecule has 8 atom stereocenters. The third-order valence-electron chi connectivity index (χ3n) is 11.2. The van der Waals surface area contributed by atoms with Crippen molar-refractivity contribution < 1.29 is 19.5 Å². The molecule has 8 unspecified atom stereocenters. The Labute approximate surface area is 208 Å². The molecule has 1 spiro atoms. The lowest BCUT2D eigenvalue weighted by atomic mass is 9.34. The summed E-state index contributed by atoms with van der Waals surface area (Å²) in [5.41, 5.74) is 0.597. The molecule has 2 bridgehead atoms. The number of anilines is 1. The lowest BCUT2D eigenvalue weighted by Gasteiger charge is -2.69. The van der Waals surface area contributed by atoms with Gasteiger partial charge in [-0.3, -0.25) is 14.5 Å². The van der Waals surface area contributed by atoms with E-state index in [1.165, 1.54) is 10.5 Å². The van der Waals surface area contributed by atoms with E-state index in [-0.39, 0.29) is 52.2 Å². The summed E-state index contributed by atoms with van der Waals surface area (Å²) in [6.07, 6.45) is 7.34. The first-order valence-corrected chi connectivity index (χ1v) is 13.4. The van der Waals surface area contributed by atoms with Crippen LogP contribution in [0, 0.1) is 51.8 Å². The number of nitrogens with zero attached hydrogens (tertiary/aromatic N) is 1. The van der Waals surface area contributed by atoms with Crippen molar-refractivity contribution >= 4 is 23.5 Å². The molecule has 1 aliphatic heterocycles. The summed E-state index contributed by atoms with van der Waals surface area (Å²) >= 11 is 0. The summed E-state index contributed by atoms with van der Waals surface area (Å²) < 4.78 is 0. The monoisotopic (exact) mass is 474 g/mol. The molecule has 5 heteroatoms. The number of fused-ring (bicyclic) bond motifs is 1. The van der Waals surface area contributed by atoms with Gasteiger partial charge in [-0.2, -0.15) is 0 Å². The van der Waals surface area contributed by atoms with Gasteiger partial charge < -0.3 is 9.90 Å². The van der Waals surface area contributed by atoms with Crippen LogP contribution in [-0.2, 0) is 14.4 Å². The lowest BCUT2D eigenvalue weighted by molar-refractivity contribution is -0.328.